The number of aromatic amines is 1. The number of anilines is 1. The Morgan fingerprint density at radius 2 is 2.24 bits per heavy atom. The maximum atomic E-state index is 4.31. The molecule has 2 N–H and O–H groups in total. The van der Waals surface area contributed by atoms with Gasteiger partial charge in [0.25, 0.3) is 0 Å². The lowest BCUT2D eigenvalue weighted by Gasteiger charge is -2.02. The van der Waals surface area contributed by atoms with E-state index in [9.17, 15) is 0 Å². The molecule has 2 aromatic rings. The second-order valence-corrected chi connectivity index (χ2v) is 4.36. The standard InChI is InChI=1S/C10H14N6S/c1-3-11-9-5-12-8(4-13-9)6-17-10-14-7(2)15-16-10/h4-5H,3,6H2,1-2H3,(H,11,13)(H,14,15,16). The van der Waals surface area contributed by atoms with Gasteiger partial charge in [-0.15, -0.1) is 5.10 Å². The molecular formula is C10H14N6S. The predicted octanol–water partition coefficient (Wildman–Crippen LogP) is 1.63. The van der Waals surface area contributed by atoms with E-state index in [1.165, 1.54) is 11.8 Å². The molecule has 0 aliphatic heterocycles. The van der Waals surface area contributed by atoms with E-state index in [1.807, 2.05) is 13.8 Å². The van der Waals surface area contributed by atoms with E-state index in [0.29, 0.717) is 0 Å². The van der Waals surface area contributed by atoms with Crippen molar-refractivity contribution in [3.8, 4) is 0 Å². The van der Waals surface area contributed by atoms with Gasteiger partial charge in [-0.2, -0.15) is 0 Å². The first kappa shape index (κ1) is 11.8. The number of aromatic nitrogens is 5. The molecule has 0 saturated carbocycles. The lowest BCUT2D eigenvalue weighted by Crippen LogP contribution is -2.00. The Kier molecular flexibility index (Phi) is 3.92. The van der Waals surface area contributed by atoms with Gasteiger partial charge in [0.1, 0.15) is 11.6 Å². The van der Waals surface area contributed by atoms with Crippen LogP contribution in [0.1, 0.15) is 18.4 Å². The summed E-state index contributed by atoms with van der Waals surface area (Å²) in [7, 11) is 0. The minimum Gasteiger partial charge on any atom is -0.369 e. The normalized spacial score (nSPS) is 10.5. The SMILES string of the molecule is CCNc1cnc(CSc2n[nH]c(C)n2)cn1. The zero-order valence-electron chi connectivity index (χ0n) is 9.77. The van der Waals surface area contributed by atoms with Crippen LogP contribution in [0.15, 0.2) is 17.6 Å². The highest BCUT2D eigenvalue weighted by Crippen LogP contribution is 2.17. The number of aryl methyl sites for hydroxylation is 1. The summed E-state index contributed by atoms with van der Waals surface area (Å²) in [5.74, 6) is 2.34. The fourth-order valence-electron chi connectivity index (χ4n) is 1.23. The lowest BCUT2D eigenvalue weighted by atomic mass is 10.5. The number of hydrogen-bond donors (Lipinski definition) is 2. The third-order valence-electron chi connectivity index (χ3n) is 1.99. The van der Waals surface area contributed by atoms with Gasteiger partial charge in [-0.05, 0) is 13.8 Å². The van der Waals surface area contributed by atoms with Crippen molar-refractivity contribution in [2.45, 2.75) is 24.8 Å². The van der Waals surface area contributed by atoms with Crippen LogP contribution in [0.5, 0.6) is 0 Å². The fraction of sp³-hybridized carbons (Fsp3) is 0.400. The number of nitrogens with one attached hydrogen (secondary N) is 2. The molecule has 0 bridgehead atoms. The summed E-state index contributed by atoms with van der Waals surface area (Å²) in [5, 5.41) is 10.7. The molecule has 0 radical (unpaired) electrons. The average molecular weight is 250 g/mol. The highest BCUT2D eigenvalue weighted by atomic mass is 32.2. The Morgan fingerprint density at radius 1 is 1.35 bits per heavy atom. The maximum Gasteiger partial charge on any atom is 0.208 e. The largest absolute Gasteiger partial charge is 0.369 e. The summed E-state index contributed by atoms with van der Waals surface area (Å²) in [6.07, 6.45) is 3.51. The molecule has 0 atom stereocenters. The van der Waals surface area contributed by atoms with Crippen molar-refractivity contribution in [3.05, 3.63) is 23.9 Å². The summed E-state index contributed by atoms with van der Waals surface area (Å²) >= 11 is 1.54. The molecule has 0 aliphatic carbocycles. The zero-order valence-corrected chi connectivity index (χ0v) is 10.6. The summed E-state index contributed by atoms with van der Waals surface area (Å²) < 4.78 is 0. The van der Waals surface area contributed by atoms with Crippen LogP contribution in [0.3, 0.4) is 0 Å². The van der Waals surface area contributed by atoms with Gasteiger partial charge in [-0.1, -0.05) is 11.8 Å². The highest BCUT2D eigenvalue weighted by molar-refractivity contribution is 7.98. The minimum atomic E-state index is 0.719. The fourth-order valence-corrected chi connectivity index (χ4v) is 1.96. The van der Waals surface area contributed by atoms with Crippen LogP contribution < -0.4 is 5.32 Å². The van der Waals surface area contributed by atoms with Crippen molar-refractivity contribution in [1.82, 2.24) is 25.1 Å². The zero-order chi connectivity index (χ0) is 12.1. The van der Waals surface area contributed by atoms with E-state index >= 15 is 0 Å². The van der Waals surface area contributed by atoms with Gasteiger partial charge in [0.05, 0.1) is 18.1 Å². The van der Waals surface area contributed by atoms with Gasteiger partial charge < -0.3 is 5.32 Å². The monoisotopic (exact) mass is 250 g/mol. The van der Waals surface area contributed by atoms with Crippen molar-refractivity contribution in [1.29, 1.82) is 0 Å². The van der Waals surface area contributed by atoms with Crippen molar-refractivity contribution < 1.29 is 0 Å². The maximum absolute atomic E-state index is 4.31. The first-order chi connectivity index (χ1) is 8.28. The Bertz CT molecular complexity index is 466. The van der Waals surface area contributed by atoms with E-state index in [1.54, 1.807) is 12.4 Å². The van der Waals surface area contributed by atoms with E-state index in [4.69, 9.17) is 0 Å². The number of hydrogen-bond acceptors (Lipinski definition) is 6. The Hall–Kier alpha value is -1.63. The molecule has 0 fully saturated rings. The molecule has 17 heavy (non-hydrogen) atoms. The quantitative estimate of drug-likeness (QED) is 0.785. The van der Waals surface area contributed by atoms with Gasteiger partial charge in [-0.3, -0.25) is 10.1 Å². The Balaban J connectivity index is 1.90. The molecule has 7 heteroatoms. The van der Waals surface area contributed by atoms with Crippen molar-refractivity contribution in [2.24, 2.45) is 0 Å². The average Bonchev–Trinajstić information content (AvgIpc) is 2.75. The van der Waals surface area contributed by atoms with Crippen LogP contribution in [0.2, 0.25) is 0 Å². The summed E-state index contributed by atoms with van der Waals surface area (Å²) in [4.78, 5) is 12.8. The van der Waals surface area contributed by atoms with E-state index in [2.05, 4.69) is 30.5 Å². The minimum absolute atomic E-state index is 0.719. The van der Waals surface area contributed by atoms with E-state index in [-0.39, 0.29) is 0 Å². The molecule has 0 unspecified atom stereocenters. The van der Waals surface area contributed by atoms with Crippen LogP contribution in [-0.4, -0.2) is 31.7 Å². The predicted molar refractivity (Wildman–Crippen MR) is 66.9 cm³/mol. The molecule has 2 heterocycles. The third kappa shape index (κ3) is 3.42. The second-order valence-electron chi connectivity index (χ2n) is 3.42. The Labute approximate surface area is 104 Å². The van der Waals surface area contributed by atoms with Gasteiger partial charge in [0.15, 0.2) is 0 Å². The van der Waals surface area contributed by atoms with E-state index in [0.717, 1.165) is 34.8 Å². The molecule has 2 aromatic heterocycles. The third-order valence-corrected chi connectivity index (χ3v) is 2.87. The van der Waals surface area contributed by atoms with Gasteiger partial charge in [0.2, 0.25) is 5.16 Å². The highest BCUT2D eigenvalue weighted by Gasteiger charge is 2.02. The van der Waals surface area contributed by atoms with Gasteiger partial charge in [0, 0.05) is 12.3 Å². The molecule has 6 nitrogen and oxygen atoms in total. The number of nitrogens with zero attached hydrogens (tertiary/aromatic N) is 4. The summed E-state index contributed by atoms with van der Waals surface area (Å²) in [5.41, 5.74) is 0.916. The second kappa shape index (κ2) is 5.62. The first-order valence-electron chi connectivity index (χ1n) is 5.34. The number of thioether (sulfide) groups is 1. The molecule has 90 valence electrons. The van der Waals surface area contributed by atoms with Gasteiger partial charge >= 0.3 is 0 Å². The van der Waals surface area contributed by atoms with Crippen molar-refractivity contribution >= 4 is 17.6 Å². The molecular weight excluding hydrogens is 236 g/mol. The van der Waals surface area contributed by atoms with Crippen LogP contribution >= 0.6 is 11.8 Å². The smallest absolute Gasteiger partial charge is 0.208 e. The van der Waals surface area contributed by atoms with Crippen LogP contribution in [0.25, 0.3) is 0 Å². The summed E-state index contributed by atoms with van der Waals surface area (Å²) in [6.45, 7) is 4.75. The van der Waals surface area contributed by atoms with E-state index < -0.39 is 0 Å². The van der Waals surface area contributed by atoms with Crippen molar-refractivity contribution in [3.63, 3.8) is 0 Å². The molecule has 0 amide bonds. The van der Waals surface area contributed by atoms with Crippen LogP contribution in [-0.2, 0) is 5.75 Å². The molecule has 0 aromatic carbocycles. The molecule has 0 saturated heterocycles. The number of rotatable bonds is 5. The first-order valence-corrected chi connectivity index (χ1v) is 6.33. The molecule has 0 spiro atoms. The molecule has 2 rings (SSSR count). The summed E-state index contributed by atoms with van der Waals surface area (Å²) in [6, 6.07) is 0. The Morgan fingerprint density at radius 3 is 2.82 bits per heavy atom. The molecule has 0 aliphatic rings. The van der Waals surface area contributed by atoms with Crippen LogP contribution in [0, 0.1) is 6.92 Å². The van der Waals surface area contributed by atoms with Crippen LogP contribution in [0.4, 0.5) is 5.82 Å². The lowest BCUT2D eigenvalue weighted by molar-refractivity contribution is 0.966. The van der Waals surface area contributed by atoms with Crippen molar-refractivity contribution in [2.75, 3.05) is 11.9 Å². The number of H-pyrrole nitrogens is 1. The van der Waals surface area contributed by atoms with Gasteiger partial charge in [-0.25, -0.2) is 9.97 Å². The topological polar surface area (TPSA) is 79.4 Å².